The fourth-order valence-electron chi connectivity index (χ4n) is 4.98. The molecule has 1 aliphatic heterocycles. The van der Waals surface area contributed by atoms with Crippen molar-refractivity contribution >= 4 is 22.9 Å². The molecule has 1 saturated heterocycles. The van der Waals surface area contributed by atoms with E-state index < -0.39 is 0 Å². The van der Waals surface area contributed by atoms with E-state index in [-0.39, 0.29) is 23.6 Å². The van der Waals surface area contributed by atoms with Crippen LogP contribution in [0.15, 0.2) is 60.0 Å². The van der Waals surface area contributed by atoms with Crippen LogP contribution in [0.3, 0.4) is 0 Å². The van der Waals surface area contributed by atoms with Gasteiger partial charge in [-0.3, -0.25) is 19.1 Å². The molecule has 3 aromatic rings. The molecule has 1 aromatic carbocycles. The predicted octanol–water partition coefficient (Wildman–Crippen LogP) is 4.33. The van der Waals surface area contributed by atoms with Crippen LogP contribution in [0, 0.1) is 0 Å². The van der Waals surface area contributed by atoms with Crippen LogP contribution in [0.2, 0.25) is 0 Å². The van der Waals surface area contributed by atoms with Crippen LogP contribution in [0.5, 0.6) is 0 Å². The molecule has 4 rings (SSSR count). The van der Waals surface area contributed by atoms with Crippen molar-refractivity contribution in [3.63, 3.8) is 0 Å². The molecule has 2 atom stereocenters. The number of hydrogen-bond acceptors (Lipinski definition) is 6. The summed E-state index contributed by atoms with van der Waals surface area (Å²) in [6.07, 6.45) is 4.16. The fraction of sp³-hybridized carbons (Fsp3) is 0.429. The zero-order valence-electron chi connectivity index (χ0n) is 21.6. The van der Waals surface area contributed by atoms with Crippen molar-refractivity contribution in [2.24, 2.45) is 0 Å². The summed E-state index contributed by atoms with van der Waals surface area (Å²) in [5.41, 5.74) is 2.98. The van der Waals surface area contributed by atoms with Crippen molar-refractivity contribution in [2.45, 2.75) is 52.2 Å². The van der Waals surface area contributed by atoms with Crippen molar-refractivity contribution in [1.82, 2.24) is 24.3 Å². The van der Waals surface area contributed by atoms with Gasteiger partial charge in [-0.2, -0.15) is 4.98 Å². The molecular formula is C28H36N6O2. The maximum Gasteiger partial charge on any atom is 0.252 e. The van der Waals surface area contributed by atoms with Crippen molar-refractivity contribution < 1.29 is 4.79 Å². The molecule has 8 heteroatoms. The maximum atomic E-state index is 12.4. The predicted molar refractivity (Wildman–Crippen MR) is 144 cm³/mol. The molecule has 0 unspecified atom stereocenters. The first kappa shape index (κ1) is 25.6. The Bertz CT molecular complexity index is 1280. The number of nitrogens with zero attached hydrogens (tertiary/aromatic N) is 5. The van der Waals surface area contributed by atoms with Gasteiger partial charge in [0.1, 0.15) is 5.65 Å². The van der Waals surface area contributed by atoms with E-state index >= 15 is 0 Å². The van der Waals surface area contributed by atoms with Crippen LogP contribution in [-0.4, -0.2) is 56.4 Å². The van der Waals surface area contributed by atoms with Gasteiger partial charge in [0, 0.05) is 55.9 Å². The molecule has 0 spiro atoms. The Balaban J connectivity index is 1.46. The summed E-state index contributed by atoms with van der Waals surface area (Å²) in [5.74, 6) is 0.508. The van der Waals surface area contributed by atoms with Gasteiger partial charge < -0.3 is 10.2 Å². The topological polar surface area (TPSA) is 83.4 Å². The number of rotatable bonds is 8. The van der Waals surface area contributed by atoms with Crippen LogP contribution < -0.4 is 10.9 Å². The molecule has 0 radical (unpaired) electrons. The fourth-order valence-corrected chi connectivity index (χ4v) is 4.98. The lowest BCUT2D eigenvalue weighted by atomic mass is 9.98. The molecule has 1 amide bonds. The number of pyridine rings is 1. The minimum absolute atomic E-state index is 0.00545. The number of nitrogens with one attached hydrogen (secondary N) is 1. The lowest BCUT2D eigenvalue weighted by Gasteiger charge is -2.39. The van der Waals surface area contributed by atoms with Gasteiger partial charge in [-0.05, 0) is 50.5 Å². The second kappa shape index (κ2) is 11.0. The Labute approximate surface area is 212 Å². The number of amides is 1. The quantitative estimate of drug-likeness (QED) is 0.475. The van der Waals surface area contributed by atoms with Gasteiger partial charge in [0.15, 0.2) is 0 Å². The third-order valence-corrected chi connectivity index (χ3v) is 6.98. The van der Waals surface area contributed by atoms with Crippen LogP contribution in [0.1, 0.15) is 63.4 Å². The Hall–Kier alpha value is -3.52. The van der Waals surface area contributed by atoms with Gasteiger partial charge in [-0.15, -0.1) is 0 Å². The highest BCUT2D eigenvalue weighted by Crippen LogP contribution is 2.27. The summed E-state index contributed by atoms with van der Waals surface area (Å²) in [4.78, 5) is 37.7. The lowest BCUT2D eigenvalue weighted by molar-refractivity contribution is -0.128. The SMILES string of the molecule is C=CC(=O)N1CCN([C@@H](CC)c2ccc([C@H](C)Nc3ncc4ccc(=O)n(C(C)C)c4n3)cc2)CC1. The zero-order valence-corrected chi connectivity index (χ0v) is 21.6. The van der Waals surface area contributed by atoms with Gasteiger partial charge >= 0.3 is 0 Å². The Morgan fingerprint density at radius 2 is 1.72 bits per heavy atom. The second-order valence-electron chi connectivity index (χ2n) is 9.63. The number of piperazine rings is 1. The Morgan fingerprint density at radius 3 is 2.33 bits per heavy atom. The monoisotopic (exact) mass is 488 g/mol. The molecule has 36 heavy (non-hydrogen) atoms. The van der Waals surface area contributed by atoms with Crippen LogP contribution >= 0.6 is 0 Å². The molecular weight excluding hydrogens is 452 g/mol. The molecule has 0 aliphatic carbocycles. The van der Waals surface area contributed by atoms with Gasteiger partial charge in [-0.25, -0.2) is 4.98 Å². The number of hydrogen-bond donors (Lipinski definition) is 1. The lowest BCUT2D eigenvalue weighted by Crippen LogP contribution is -2.49. The molecule has 190 valence electrons. The Kier molecular flexibility index (Phi) is 7.84. The van der Waals surface area contributed by atoms with E-state index in [9.17, 15) is 9.59 Å². The average molecular weight is 489 g/mol. The molecule has 8 nitrogen and oxygen atoms in total. The third kappa shape index (κ3) is 5.33. The highest BCUT2D eigenvalue weighted by atomic mass is 16.2. The van der Waals surface area contributed by atoms with E-state index in [0.29, 0.717) is 17.6 Å². The largest absolute Gasteiger partial charge is 0.348 e. The minimum Gasteiger partial charge on any atom is -0.348 e. The number of carbonyl (C=O) groups excluding carboxylic acids is 1. The van der Waals surface area contributed by atoms with Crippen LogP contribution in [-0.2, 0) is 4.79 Å². The molecule has 1 fully saturated rings. The maximum absolute atomic E-state index is 12.4. The van der Waals surface area contributed by atoms with E-state index in [1.807, 2.05) is 18.7 Å². The van der Waals surface area contributed by atoms with Crippen LogP contribution in [0.4, 0.5) is 5.95 Å². The number of benzene rings is 1. The summed E-state index contributed by atoms with van der Waals surface area (Å²) in [7, 11) is 0. The van der Waals surface area contributed by atoms with Crippen molar-refractivity contribution in [1.29, 1.82) is 0 Å². The summed E-state index contributed by atoms with van der Waals surface area (Å²) in [5, 5.41) is 4.23. The van der Waals surface area contributed by atoms with E-state index in [0.717, 1.165) is 43.5 Å². The molecule has 2 aromatic heterocycles. The molecule has 0 bridgehead atoms. The summed E-state index contributed by atoms with van der Waals surface area (Å²) < 4.78 is 1.69. The van der Waals surface area contributed by atoms with Crippen molar-refractivity contribution in [3.05, 3.63) is 76.7 Å². The molecule has 1 aliphatic rings. The van der Waals surface area contributed by atoms with Crippen LogP contribution in [0.25, 0.3) is 11.0 Å². The first-order chi connectivity index (χ1) is 17.3. The van der Waals surface area contributed by atoms with E-state index in [2.05, 4.69) is 64.9 Å². The smallest absolute Gasteiger partial charge is 0.252 e. The van der Waals surface area contributed by atoms with E-state index in [4.69, 9.17) is 0 Å². The second-order valence-corrected chi connectivity index (χ2v) is 9.63. The standard InChI is InChI=1S/C28H36N6O2/c1-6-24(32-14-16-33(17-15-32)25(35)7-2)22-10-8-21(9-11-22)20(5)30-28-29-18-23-12-13-26(36)34(19(3)4)27(23)31-28/h7-13,18-20,24H,2,6,14-17H2,1,3-5H3,(H,29,30,31)/t20-,24-/m0/s1. The van der Waals surface area contributed by atoms with Crippen molar-refractivity contribution in [2.75, 3.05) is 31.5 Å². The number of fused-ring (bicyclic) bond motifs is 1. The number of aromatic nitrogens is 3. The summed E-state index contributed by atoms with van der Waals surface area (Å²) in [6, 6.07) is 12.3. The average Bonchev–Trinajstić information content (AvgIpc) is 2.89. The van der Waals surface area contributed by atoms with Crippen molar-refractivity contribution in [3.8, 4) is 0 Å². The minimum atomic E-state index is -0.0648. The van der Waals surface area contributed by atoms with Gasteiger partial charge in [-0.1, -0.05) is 37.8 Å². The molecule has 3 heterocycles. The first-order valence-corrected chi connectivity index (χ1v) is 12.7. The number of carbonyl (C=O) groups is 1. The first-order valence-electron chi connectivity index (χ1n) is 12.7. The van der Waals surface area contributed by atoms with E-state index in [1.165, 1.54) is 11.6 Å². The van der Waals surface area contributed by atoms with Gasteiger partial charge in [0.05, 0.1) is 6.04 Å². The van der Waals surface area contributed by atoms with E-state index in [1.54, 1.807) is 22.9 Å². The third-order valence-electron chi connectivity index (χ3n) is 6.98. The highest BCUT2D eigenvalue weighted by molar-refractivity contribution is 5.87. The van der Waals surface area contributed by atoms with Gasteiger partial charge in [0.2, 0.25) is 11.9 Å². The Morgan fingerprint density at radius 1 is 1.06 bits per heavy atom. The highest BCUT2D eigenvalue weighted by Gasteiger charge is 2.25. The molecule has 1 N–H and O–H groups in total. The summed E-state index contributed by atoms with van der Waals surface area (Å²) >= 11 is 0. The number of anilines is 1. The summed E-state index contributed by atoms with van der Waals surface area (Å²) in [6.45, 7) is 15.0. The van der Waals surface area contributed by atoms with Gasteiger partial charge in [0.25, 0.3) is 5.56 Å². The normalized spacial score (nSPS) is 16.2. The molecule has 0 saturated carbocycles. The zero-order chi connectivity index (χ0) is 25.8.